The van der Waals surface area contributed by atoms with Gasteiger partial charge in [0.05, 0.1) is 11.3 Å². The number of nitrogens with zero attached hydrogens (tertiary/aromatic N) is 1. The van der Waals surface area contributed by atoms with Crippen molar-refractivity contribution in [2.24, 2.45) is 0 Å². The van der Waals surface area contributed by atoms with Crippen molar-refractivity contribution >= 4 is 25.0 Å². The lowest BCUT2D eigenvalue weighted by Gasteiger charge is -2.01. The molecule has 3 N–H and O–H groups in total. The van der Waals surface area contributed by atoms with E-state index in [4.69, 9.17) is 0 Å². The van der Waals surface area contributed by atoms with Crippen LogP contribution in [0, 0.1) is 6.92 Å². The minimum absolute atomic E-state index is 0. The van der Waals surface area contributed by atoms with Crippen LogP contribution in [-0.4, -0.2) is 28.1 Å². The number of aryl methyl sites for hydroxylation is 1. The molecule has 1 rings (SSSR count). The fourth-order valence-electron chi connectivity index (χ4n) is 0.846. The van der Waals surface area contributed by atoms with Gasteiger partial charge in [-0.1, -0.05) is 0 Å². The normalized spacial score (nSPS) is 8.07. The highest BCUT2D eigenvalue weighted by molar-refractivity contribution is 5.92. The van der Waals surface area contributed by atoms with Gasteiger partial charge in [0, 0.05) is 11.8 Å². The Bertz CT molecular complexity index is 340. The van der Waals surface area contributed by atoms with Crippen LogP contribution in [0.25, 0.3) is 0 Å². The van der Waals surface area contributed by atoms with Crippen LogP contribution in [0.2, 0.25) is 0 Å². The number of rotatable bonds is 2. The molecule has 0 aliphatic carbocycles. The minimum atomic E-state index is -0.227. The Labute approximate surface area is 86.5 Å². The SMILES string of the molecule is Cc1ncc(C=O)c(C=O)c1O.Cl.O. The van der Waals surface area contributed by atoms with E-state index in [-0.39, 0.29) is 34.8 Å². The number of aromatic hydroxyl groups is 1. The number of hydrogen-bond donors (Lipinski definition) is 1. The third-order valence-electron chi connectivity index (χ3n) is 1.55. The van der Waals surface area contributed by atoms with Gasteiger partial charge < -0.3 is 10.6 Å². The predicted octanol–water partition coefficient (Wildman–Crippen LogP) is 0.318. The van der Waals surface area contributed by atoms with Gasteiger partial charge in [-0.25, -0.2) is 0 Å². The van der Waals surface area contributed by atoms with E-state index in [9.17, 15) is 14.7 Å². The summed E-state index contributed by atoms with van der Waals surface area (Å²) in [5, 5.41) is 9.26. The minimum Gasteiger partial charge on any atom is -0.505 e. The molecule has 6 heteroatoms. The average molecular weight is 220 g/mol. The highest BCUT2D eigenvalue weighted by Gasteiger charge is 2.09. The highest BCUT2D eigenvalue weighted by Crippen LogP contribution is 2.20. The summed E-state index contributed by atoms with van der Waals surface area (Å²) in [7, 11) is 0. The fraction of sp³-hybridized carbons (Fsp3) is 0.125. The summed E-state index contributed by atoms with van der Waals surface area (Å²) in [5.41, 5.74) is 0.438. The molecular weight excluding hydrogens is 210 g/mol. The molecule has 1 aromatic rings. The van der Waals surface area contributed by atoms with E-state index in [0.29, 0.717) is 18.3 Å². The van der Waals surface area contributed by atoms with Gasteiger partial charge in [0.15, 0.2) is 12.6 Å². The van der Waals surface area contributed by atoms with E-state index in [1.807, 2.05) is 0 Å². The largest absolute Gasteiger partial charge is 0.505 e. The van der Waals surface area contributed by atoms with Gasteiger partial charge in [-0.05, 0) is 6.92 Å². The Balaban J connectivity index is 0. The van der Waals surface area contributed by atoms with Crippen LogP contribution >= 0.6 is 12.4 Å². The zero-order valence-corrected chi connectivity index (χ0v) is 8.17. The molecule has 0 spiro atoms. The molecule has 0 unspecified atom stereocenters. The monoisotopic (exact) mass is 219 g/mol. The maximum Gasteiger partial charge on any atom is 0.154 e. The van der Waals surface area contributed by atoms with E-state index < -0.39 is 0 Å². The van der Waals surface area contributed by atoms with E-state index in [1.165, 1.54) is 6.20 Å². The molecule has 1 aromatic heterocycles. The molecule has 5 nitrogen and oxygen atoms in total. The van der Waals surface area contributed by atoms with Gasteiger partial charge in [0.25, 0.3) is 0 Å². The molecule has 0 aliphatic heterocycles. The van der Waals surface area contributed by atoms with Gasteiger partial charge in [-0.2, -0.15) is 0 Å². The Morgan fingerprint density at radius 2 is 1.93 bits per heavy atom. The van der Waals surface area contributed by atoms with Crippen LogP contribution in [0.3, 0.4) is 0 Å². The van der Waals surface area contributed by atoms with E-state index in [0.717, 1.165) is 0 Å². The van der Waals surface area contributed by atoms with Crippen molar-refractivity contribution in [3.8, 4) is 5.75 Å². The lowest BCUT2D eigenvalue weighted by Crippen LogP contribution is -1.95. The molecule has 78 valence electrons. The Hall–Kier alpha value is -1.46. The lowest BCUT2D eigenvalue weighted by molar-refractivity contribution is 0.109. The second kappa shape index (κ2) is 6.06. The van der Waals surface area contributed by atoms with Crippen molar-refractivity contribution in [2.75, 3.05) is 0 Å². The average Bonchev–Trinajstić information content (AvgIpc) is 2.09. The fourth-order valence-corrected chi connectivity index (χ4v) is 0.846. The predicted molar refractivity (Wildman–Crippen MR) is 52.3 cm³/mol. The number of aromatic nitrogens is 1. The summed E-state index contributed by atoms with van der Waals surface area (Å²) in [4.78, 5) is 24.5. The molecule has 0 bridgehead atoms. The van der Waals surface area contributed by atoms with Crippen molar-refractivity contribution in [3.05, 3.63) is 23.0 Å². The summed E-state index contributed by atoms with van der Waals surface area (Å²) >= 11 is 0. The van der Waals surface area contributed by atoms with Crippen LogP contribution in [0.5, 0.6) is 5.75 Å². The second-order valence-corrected chi connectivity index (χ2v) is 2.30. The second-order valence-electron chi connectivity index (χ2n) is 2.30. The molecule has 0 aliphatic rings. The smallest absolute Gasteiger partial charge is 0.154 e. The molecule has 14 heavy (non-hydrogen) atoms. The number of hydrogen-bond acceptors (Lipinski definition) is 4. The third kappa shape index (κ3) is 2.51. The summed E-state index contributed by atoms with van der Waals surface area (Å²) in [6.07, 6.45) is 2.18. The molecular formula is C8H10ClNO4. The standard InChI is InChI=1S/C8H7NO3.ClH.H2O/c1-5-8(12)7(4-11)6(3-10)2-9-5;;/h2-4,12H,1H3;1H;1H2. The van der Waals surface area contributed by atoms with Crippen LogP contribution in [0.1, 0.15) is 26.4 Å². The number of pyridine rings is 1. The molecule has 0 aromatic carbocycles. The molecule has 0 radical (unpaired) electrons. The van der Waals surface area contributed by atoms with Crippen LogP contribution in [0.4, 0.5) is 0 Å². The quantitative estimate of drug-likeness (QED) is 0.724. The Morgan fingerprint density at radius 1 is 1.36 bits per heavy atom. The molecule has 0 saturated carbocycles. The summed E-state index contributed by atoms with van der Waals surface area (Å²) in [6.45, 7) is 1.55. The third-order valence-corrected chi connectivity index (χ3v) is 1.55. The first-order valence-corrected chi connectivity index (χ1v) is 3.29. The van der Waals surface area contributed by atoms with Gasteiger partial charge >= 0.3 is 0 Å². The van der Waals surface area contributed by atoms with E-state index >= 15 is 0 Å². The Morgan fingerprint density at radius 3 is 2.36 bits per heavy atom. The first-order chi connectivity index (χ1) is 5.70. The van der Waals surface area contributed by atoms with Crippen molar-refractivity contribution in [2.45, 2.75) is 6.92 Å². The van der Waals surface area contributed by atoms with E-state index in [2.05, 4.69) is 4.98 Å². The maximum atomic E-state index is 10.4. The zero-order valence-electron chi connectivity index (χ0n) is 7.35. The van der Waals surface area contributed by atoms with E-state index in [1.54, 1.807) is 6.92 Å². The molecule has 0 amide bonds. The van der Waals surface area contributed by atoms with Crippen molar-refractivity contribution < 1.29 is 20.2 Å². The van der Waals surface area contributed by atoms with Crippen molar-refractivity contribution in [1.82, 2.24) is 4.98 Å². The number of carbonyl (C=O) groups is 2. The summed E-state index contributed by atoms with van der Waals surface area (Å²) in [5.74, 6) is -0.227. The van der Waals surface area contributed by atoms with Gasteiger partial charge in [-0.3, -0.25) is 14.6 Å². The Kier molecular flexibility index (Phi) is 6.51. The summed E-state index contributed by atoms with van der Waals surface area (Å²) in [6, 6.07) is 0. The summed E-state index contributed by atoms with van der Waals surface area (Å²) < 4.78 is 0. The molecule has 0 saturated heterocycles. The first-order valence-electron chi connectivity index (χ1n) is 3.29. The molecule has 1 heterocycles. The van der Waals surface area contributed by atoms with Crippen molar-refractivity contribution in [3.63, 3.8) is 0 Å². The van der Waals surface area contributed by atoms with Gasteiger partial charge in [-0.15, -0.1) is 12.4 Å². The number of aldehydes is 2. The zero-order chi connectivity index (χ0) is 9.14. The highest BCUT2D eigenvalue weighted by atomic mass is 35.5. The lowest BCUT2D eigenvalue weighted by atomic mass is 10.1. The maximum absolute atomic E-state index is 10.4. The first kappa shape index (κ1) is 15.0. The van der Waals surface area contributed by atoms with Crippen LogP contribution < -0.4 is 0 Å². The topological polar surface area (TPSA) is 98.8 Å². The molecule has 0 fully saturated rings. The van der Waals surface area contributed by atoms with Gasteiger partial charge in [0.1, 0.15) is 5.75 Å². The van der Waals surface area contributed by atoms with Crippen molar-refractivity contribution in [1.29, 1.82) is 0 Å². The van der Waals surface area contributed by atoms with Crippen LogP contribution in [0.15, 0.2) is 6.20 Å². The number of halogens is 1. The molecule has 0 atom stereocenters. The van der Waals surface area contributed by atoms with Crippen LogP contribution in [-0.2, 0) is 0 Å². The number of carbonyl (C=O) groups excluding carboxylic acids is 2. The van der Waals surface area contributed by atoms with Gasteiger partial charge in [0.2, 0.25) is 0 Å².